The van der Waals surface area contributed by atoms with E-state index in [9.17, 15) is 13.2 Å². The van der Waals surface area contributed by atoms with Gasteiger partial charge in [-0.3, -0.25) is 4.79 Å². The van der Waals surface area contributed by atoms with E-state index in [1.54, 1.807) is 24.3 Å². The lowest BCUT2D eigenvalue weighted by Crippen LogP contribution is -2.43. The van der Waals surface area contributed by atoms with E-state index in [2.05, 4.69) is 10.9 Å². The maximum atomic E-state index is 12.8. The van der Waals surface area contributed by atoms with Crippen LogP contribution in [0.4, 0.5) is 5.69 Å². The maximum Gasteiger partial charge on any atom is 0.243 e. The van der Waals surface area contributed by atoms with E-state index in [1.807, 2.05) is 38.1 Å². The van der Waals surface area contributed by atoms with Gasteiger partial charge in [0.2, 0.25) is 10.0 Å². The molecule has 26 heavy (non-hydrogen) atoms. The molecule has 0 saturated heterocycles. The molecule has 2 aromatic rings. The summed E-state index contributed by atoms with van der Waals surface area (Å²) in [5, 5.41) is 0. The van der Waals surface area contributed by atoms with Crippen molar-refractivity contribution in [1.29, 1.82) is 0 Å². The van der Waals surface area contributed by atoms with Crippen LogP contribution in [0.1, 0.15) is 11.1 Å². The van der Waals surface area contributed by atoms with Crippen molar-refractivity contribution in [3.8, 4) is 0 Å². The number of carbonyl (C=O) groups is 1. The molecule has 0 amide bonds. The normalized spacial score (nSPS) is 15.5. The van der Waals surface area contributed by atoms with Crippen LogP contribution in [0.3, 0.4) is 0 Å². The van der Waals surface area contributed by atoms with Gasteiger partial charge in [-0.2, -0.15) is 4.31 Å². The van der Waals surface area contributed by atoms with Crippen molar-refractivity contribution in [2.24, 2.45) is 0 Å². The lowest BCUT2D eigenvalue weighted by molar-refractivity contribution is -0.115. The van der Waals surface area contributed by atoms with Gasteiger partial charge in [0.25, 0.3) is 0 Å². The fourth-order valence-corrected chi connectivity index (χ4v) is 3.98. The van der Waals surface area contributed by atoms with Crippen molar-refractivity contribution >= 4 is 21.5 Å². The van der Waals surface area contributed by atoms with Gasteiger partial charge in [0, 0.05) is 6.08 Å². The lowest BCUT2D eigenvalue weighted by atomic mass is 10.2. The Morgan fingerprint density at radius 1 is 0.846 bits per heavy atom. The van der Waals surface area contributed by atoms with E-state index < -0.39 is 10.0 Å². The Kier molecular flexibility index (Phi) is 5.11. The van der Waals surface area contributed by atoms with Crippen molar-refractivity contribution in [3.63, 3.8) is 0 Å². The number of nitrogens with zero attached hydrogens (tertiary/aromatic N) is 1. The third-order valence-electron chi connectivity index (χ3n) is 4.09. The number of ketones is 1. The second-order valence-electron chi connectivity index (χ2n) is 6.34. The average molecular weight is 371 g/mol. The van der Waals surface area contributed by atoms with Gasteiger partial charge in [-0.1, -0.05) is 35.4 Å². The van der Waals surface area contributed by atoms with E-state index >= 15 is 0 Å². The fourth-order valence-electron chi connectivity index (χ4n) is 2.60. The fraction of sp³-hybridized carbons (Fsp3) is 0.211. The largest absolute Gasteiger partial charge is 0.304 e. The molecule has 0 aromatic heterocycles. The van der Waals surface area contributed by atoms with Crippen LogP contribution in [-0.4, -0.2) is 31.6 Å². The van der Waals surface area contributed by atoms with Gasteiger partial charge >= 0.3 is 0 Å². The lowest BCUT2D eigenvalue weighted by Gasteiger charge is -2.26. The highest BCUT2D eigenvalue weighted by molar-refractivity contribution is 7.89. The third-order valence-corrected chi connectivity index (χ3v) is 5.90. The number of hydrazine groups is 1. The number of hydrogen-bond donors (Lipinski definition) is 2. The predicted molar refractivity (Wildman–Crippen MR) is 101 cm³/mol. The molecule has 0 bridgehead atoms. The molecule has 0 radical (unpaired) electrons. The van der Waals surface area contributed by atoms with Gasteiger partial charge in [-0.05, 0) is 38.1 Å². The van der Waals surface area contributed by atoms with Crippen molar-refractivity contribution in [3.05, 3.63) is 71.4 Å². The van der Waals surface area contributed by atoms with E-state index in [-0.39, 0.29) is 23.8 Å². The summed E-state index contributed by atoms with van der Waals surface area (Å²) in [6, 6.07) is 14.3. The molecular formula is C19H21N3O3S. The van der Waals surface area contributed by atoms with Crippen molar-refractivity contribution in [2.75, 3.05) is 18.5 Å². The average Bonchev–Trinajstić information content (AvgIpc) is 2.61. The Hall–Kier alpha value is -2.64. The Balaban J connectivity index is 1.73. The second-order valence-corrected chi connectivity index (χ2v) is 8.28. The van der Waals surface area contributed by atoms with E-state index in [4.69, 9.17) is 0 Å². The first kappa shape index (κ1) is 18.2. The topological polar surface area (TPSA) is 78.5 Å². The number of carbonyl (C=O) groups excluding carboxylic acids is 1. The second kappa shape index (κ2) is 7.31. The number of benzene rings is 2. The van der Waals surface area contributed by atoms with Crippen LogP contribution in [0.5, 0.6) is 0 Å². The number of rotatable bonds is 5. The van der Waals surface area contributed by atoms with Gasteiger partial charge in [0.1, 0.15) is 0 Å². The minimum Gasteiger partial charge on any atom is -0.304 e. The van der Waals surface area contributed by atoms with Crippen LogP contribution in [0.25, 0.3) is 0 Å². The van der Waals surface area contributed by atoms with Crippen LogP contribution in [0.2, 0.25) is 0 Å². The summed E-state index contributed by atoms with van der Waals surface area (Å²) in [5.74, 6) is -0.264. The summed E-state index contributed by atoms with van der Waals surface area (Å²) >= 11 is 0. The molecule has 2 N–H and O–H groups in total. The molecule has 6 nitrogen and oxygen atoms in total. The molecule has 0 unspecified atom stereocenters. The first-order chi connectivity index (χ1) is 12.3. The monoisotopic (exact) mass is 371 g/mol. The summed E-state index contributed by atoms with van der Waals surface area (Å²) in [5.41, 5.74) is 9.36. The molecule has 0 saturated carbocycles. The van der Waals surface area contributed by atoms with Gasteiger partial charge in [0.05, 0.1) is 29.4 Å². The van der Waals surface area contributed by atoms with Crippen LogP contribution in [0, 0.1) is 13.8 Å². The summed E-state index contributed by atoms with van der Waals surface area (Å²) in [7, 11) is -3.73. The molecule has 3 rings (SSSR count). The van der Waals surface area contributed by atoms with Crippen LogP contribution < -0.4 is 10.9 Å². The van der Waals surface area contributed by atoms with Gasteiger partial charge in [0.15, 0.2) is 5.78 Å². The smallest absolute Gasteiger partial charge is 0.243 e. The Morgan fingerprint density at radius 2 is 1.42 bits per heavy atom. The van der Waals surface area contributed by atoms with Crippen molar-refractivity contribution < 1.29 is 13.2 Å². The Morgan fingerprint density at radius 3 is 2.04 bits per heavy atom. The highest BCUT2D eigenvalue weighted by atomic mass is 32.2. The molecule has 1 heterocycles. The molecule has 2 aromatic carbocycles. The highest BCUT2D eigenvalue weighted by Crippen LogP contribution is 2.19. The zero-order valence-electron chi connectivity index (χ0n) is 14.7. The summed E-state index contributed by atoms with van der Waals surface area (Å²) < 4.78 is 26.8. The first-order valence-electron chi connectivity index (χ1n) is 8.23. The number of sulfonamides is 1. The van der Waals surface area contributed by atoms with E-state index in [0.717, 1.165) is 16.8 Å². The molecule has 1 aliphatic rings. The molecule has 0 atom stereocenters. The summed E-state index contributed by atoms with van der Waals surface area (Å²) in [6.45, 7) is 3.82. The molecule has 1 aliphatic heterocycles. The van der Waals surface area contributed by atoms with Gasteiger partial charge in [-0.15, -0.1) is 0 Å². The number of anilines is 1. The Bertz CT molecular complexity index is 933. The van der Waals surface area contributed by atoms with Crippen molar-refractivity contribution in [1.82, 2.24) is 9.73 Å². The maximum absolute atomic E-state index is 12.8. The highest BCUT2D eigenvalue weighted by Gasteiger charge is 2.30. The minimum absolute atomic E-state index is 0.0980. The molecule has 0 aliphatic carbocycles. The summed E-state index contributed by atoms with van der Waals surface area (Å²) in [6.07, 6.45) is 1.43. The van der Waals surface area contributed by atoms with Gasteiger partial charge in [-0.25, -0.2) is 8.42 Å². The van der Waals surface area contributed by atoms with E-state index in [0.29, 0.717) is 5.70 Å². The molecule has 0 spiro atoms. The van der Waals surface area contributed by atoms with Crippen LogP contribution in [-0.2, 0) is 14.8 Å². The number of aryl methyl sites for hydroxylation is 2. The quantitative estimate of drug-likeness (QED) is 0.789. The molecule has 7 heteroatoms. The third kappa shape index (κ3) is 4.12. The van der Waals surface area contributed by atoms with Crippen molar-refractivity contribution in [2.45, 2.75) is 18.7 Å². The number of nitrogens with one attached hydrogen (secondary N) is 2. The molecule has 0 fully saturated rings. The SMILES string of the molecule is Cc1ccc(NNC2=CC(=O)CN(S(=O)(=O)c3ccc(C)cc3)C2)cc1. The molecular weight excluding hydrogens is 350 g/mol. The van der Waals surface area contributed by atoms with E-state index in [1.165, 1.54) is 10.4 Å². The predicted octanol–water partition coefficient (Wildman–Crippen LogP) is 2.38. The minimum atomic E-state index is -3.73. The Labute approximate surface area is 153 Å². The standard InChI is InChI=1S/C19H21N3O3S/c1-14-3-7-16(8-4-14)20-21-17-11-18(23)13-22(12-17)26(24,25)19-9-5-15(2)6-10-19/h3-11,20-21H,12-13H2,1-2H3. The first-order valence-corrected chi connectivity index (χ1v) is 9.67. The summed E-state index contributed by atoms with van der Waals surface area (Å²) in [4.78, 5) is 12.2. The van der Waals surface area contributed by atoms with Crippen LogP contribution in [0.15, 0.2) is 65.2 Å². The zero-order chi connectivity index (χ0) is 18.7. The van der Waals surface area contributed by atoms with Crippen LogP contribution >= 0.6 is 0 Å². The molecule has 136 valence electrons. The number of hydrogen-bond acceptors (Lipinski definition) is 5. The zero-order valence-corrected chi connectivity index (χ0v) is 15.5. The van der Waals surface area contributed by atoms with Gasteiger partial charge < -0.3 is 10.9 Å².